The van der Waals surface area contributed by atoms with E-state index in [-0.39, 0.29) is 17.7 Å². The summed E-state index contributed by atoms with van der Waals surface area (Å²) in [7, 11) is 0. The SMILES string of the molecule is CCN(CC)C1=CC(c2ccc(OC(F)(F)F)cc2)C(N)C=C1. The van der Waals surface area contributed by atoms with Crippen molar-refractivity contribution in [2.45, 2.75) is 32.2 Å². The van der Waals surface area contributed by atoms with Crippen molar-refractivity contribution in [3.8, 4) is 5.75 Å². The van der Waals surface area contributed by atoms with Crippen LogP contribution in [0.2, 0.25) is 0 Å². The molecule has 0 fully saturated rings. The Kier molecular flexibility index (Phi) is 5.36. The van der Waals surface area contributed by atoms with Crippen molar-refractivity contribution in [1.82, 2.24) is 4.90 Å². The molecule has 0 amide bonds. The number of alkyl halides is 3. The van der Waals surface area contributed by atoms with Gasteiger partial charge in [0.25, 0.3) is 0 Å². The topological polar surface area (TPSA) is 38.5 Å². The fourth-order valence-electron chi connectivity index (χ4n) is 2.69. The van der Waals surface area contributed by atoms with Crippen molar-refractivity contribution in [1.29, 1.82) is 0 Å². The third-order valence-electron chi connectivity index (χ3n) is 3.88. The lowest BCUT2D eigenvalue weighted by molar-refractivity contribution is -0.274. The van der Waals surface area contributed by atoms with Gasteiger partial charge in [-0.25, -0.2) is 0 Å². The zero-order chi connectivity index (χ0) is 17.0. The van der Waals surface area contributed by atoms with Gasteiger partial charge in [-0.05, 0) is 37.6 Å². The van der Waals surface area contributed by atoms with Crippen molar-refractivity contribution in [3.05, 3.63) is 53.8 Å². The second-order valence-electron chi connectivity index (χ2n) is 5.34. The molecule has 2 rings (SSSR count). The quantitative estimate of drug-likeness (QED) is 0.895. The minimum absolute atomic E-state index is 0.0736. The van der Waals surface area contributed by atoms with Crippen LogP contribution < -0.4 is 10.5 Å². The molecule has 126 valence electrons. The Bertz CT molecular complexity index is 574. The summed E-state index contributed by atoms with van der Waals surface area (Å²) in [4.78, 5) is 2.20. The molecule has 0 radical (unpaired) electrons. The van der Waals surface area contributed by atoms with Gasteiger partial charge in [0.2, 0.25) is 0 Å². The molecule has 0 saturated carbocycles. The lowest BCUT2D eigenvalue weighted by atomic mass is 9.87. The average molecular weight is 326 g/mol. The van der Waals surface area contributed by atoms with Crippen molar-refractivity contribution in [2.24, 2.45) is 5.73 Å². The first-order chi connectivity index (χ1) is 10.8. The first kappa shape index (κ1) is 17.4. The summed E-state index contributed by atoms with van der Waals surface area (Å²) in [5, 5.41) is 0. The van der Waals surface area contributed by atoms with Gasteiger partial charge in [0.1, 0.15) is 5.75 Å². The van der Waals surface area contributed by atoms with Crippen molar-refractivity contribution >= 4 is 0 Å². The van der Waals surface area contributed by atoms with Gasteiger partial charge in [0, 0.05) is 30.7 Å². The molecular formula is C17H21F3N2O. The molecule has 0 bridgehead atoms. The largest absolute Gasteiger partial charge is 0.573 e. The summed E-state index contributed by atoms with van der Waals surface area (Å²) in [6.45, 7) is 5.91. The van der Waals surface area contributed by atoms with E-state index in [0.717, 1.165) is 24.4 Å². The number of rotatable bonds is 5. The molecule has 0 saturated heterocycles. The zero-order valence-corrected chi connectivity index (χ0v) is 13.2. The maximum atomic E-state index is 12.2. The fraction of sp³-hybridized carbons (Fsp3) is 0.412. The number of allylic oxidation sites excluding steroid dienone is 1. The summed E-state index contributed by atoms with van der Waals surface area (Å²) in [6, 6.07) is 5.68. The van der Waals surface area contributed by atoms with E-state index >= 15 is 0 Å². The Labute approximate surface area is 134 Å². The van der Waals surface area contributed by atoms with Crippen molar-refractivity contribution in [2.75, 3.05) is 13.1 Å². The Morgan fingerprint density at radius 3 is 2.26 bits per heavy atom. The average Bonchev–Trinajstić information content (AvgIpc) is 2.49. The summed E-state index contributed by atoms with van der Waals surface area (Å²) < 4.78 is 40.5. The molecule has 1 aliphatic carbocycles. The van der Waals surface area contributed by atoms with E-state index < -0.39 is 6.36 Å². The molecule has 6 heteroatoms. The van der Waals surface area contributed by atoms with Crippen LogP contribution in [0.3, 0.4) is 0 Å². The smallest absolute Gasteiger partial charge is 0.406 e. The van der Waals surface area contributed by atoms with E-state index in [2.05, 4.69) is 29.6 Å². The van der Waals surface area contributed by atoms with E-state index in [0.29, 0.717) is 0 Å². The number of ether oxygens (including phenoxy) is 1. The number of hydrogen-bond acceptors (Lipinski definition) is 3. The number of likely N-dealkylation sites (N-methyl/N-ethyl adjacent to an activating group) is 1. The Morgan fingerprint density at radius 2 is 1.74 bits per heavy atom. The fourth-order valence-corrected chi connectivity index (χ4v) is 2.69. The second-order valence-corrected chi connectivity index (χ2v) is 5.34. The predicted octanol–water partition coefficient (Wildman–Crippen LogP) is 3.79. The van der Waals surface area contributed by atoms with Gasteiger partial charge in [0.05, 0.1) is 0 Å². The number of halogens is 3. The maximum absolute atomic E-state index is 12.2. The van der Waals surface area contributed by atoms with Crippen LogP contribution >= 0.6 is 0 Å². The molecular weight excluding hydrogens is 305 g/mol. The second kappa shape index (κ2) is 7.08. The van der Waals surface area contributed by atoms with Crippen LogP contribution in [-0.4, -0.2) is 30.4 Å². The van der Waals surface area contributed by atoms with Crippen LogP contribution in [0.25, 0.3) is 0 Å². The summed E-state index contributed by atoms with van der Waals surface area (Å²) in [6.07, 6.45) is 1.31. The Balaban J connectivity index is 2.21. The lowest BCUT2D eigenvalue weighted by Gasteiger charge is -2.29. The third kappa shape index (κ3) is 4.51. The molecule has 1 aromatic carbocycles. The van der Waals surface area contributed by atoms with E-state index in [1.807, 2.05) is 12.2 Å². The monoisotopic (exact) mass is 326 g/mol. The number of benzene rings is 1. The standard InChI is InChI=1S/C17H21F3N2O/c1-3-22(4-2)13-7-10-16(21)15(11-13)12-5-8-14(9-6-12)23-17(18,19)20/h5-11,15-16H,3-4,21H2,1-2H3. The molecule has 0 heterocycles. The zero-order valence-electron chi connectivity index (χ0n) is 13.2. The van der Waals surface area contributed by atoms with Crippen LogP contribution in [0.1, 0.15) is 25.3 Å². The highest BCUT2D eigenvalue weighted by molar-refractivity contribution is 5.38. The molecule has 23 heavy (non-hydrogen) atoms. The molecule has 0 spiro atoms. The minimum Gasteiger partial charge on any atom is -0.406 e. The van der Waals surface area contributed by atoms with Crippen LogP contribution in [0, 0.1) is 0 Å². The van der Waals surface area contributed by atoms with Gasteiger partial charge < -0.3 is 15.4 Å². The molecule has 2 atom stereocenters. The first-order valence-corrected chi connectivity index (χ1v) is 7.60. The lowest BCUT2D eigenvalue weighted by Crippen LogP contribution is -2.31. The highest BCUT2D eigenvalue weighted by Crippen LogP contribution is 2.30. The molecule has 3 nitrogen and oxygen atoms in total. The Morgan fingerprint density at radius 1 is 1.13 bits per heavy atom. The summed E-state index contributed by atoms with van der Waals surface area (Å²) >= 11 is 0. The van der Waals surface area contributed by atoms with Gasteiger partial charge in [-0.2, -0.15) is 0 Å². The first-order valence-electron chi connectivity index (χ1n) is 7.60. The van der Waals surface area contributed by atoms with Gasteiger partial charge in [-0.3, -0.25) is 0 Å². The van der Waals surface area contributed by atoms with Crippen LogP contribution in [0.15, 0.2) is 48.2 Å². The molecule has 1 aliphatic rings. The van der Waals surface area contributed by atoms with Crippen LogP contribution in [0.4, 0.5) is 13.2 Å². The van der Waals surface area contributed by atoms with Crippen molar-refractivity contribution in [3.63, 3.8) is 0 Å². The van der Waals surface area contributed by atoms with E-state index in [9.17, 15) is 13.2 Å². The van der Waals surface area contributed by atoms with Gasteiger partial charge in [-0.1, -0.05) is 24.3 Å². The number of hydrogen-bond donors (Lipinski definition) is 1. The van der Waals surface area contributed by atoms with Gasteiger partial charge >= 0.3 is 6.36 Å². The molecule has 1 aromatic rings. The molecule has 2 N–H and O–H groups in total. The molecule has 0 aromatic heterocycles. The number of nitrogens with two attached hydrogens (primary N) is 1. The van der Waals surface area contributed by atoms with E-state index in [1.165, 1.54) is 12.1 Å². The highest BCUT2D eigenvalue weighted by atomic mass is 19.4. The van der Waals surface area contributed by atoms with Gasteiger partial charge in [-0.15, -0.1) is 13.2 Å². The molecule has 2 unspecified atom stereocenters. The highest BCUT2D eigenvalue weighted by Gasteiger charge is 2.31. The van der Waals surface area contributed by atoms with E-state index in [4.69, 9.17) is 5.73 Å². The van der Waals surface area contributed by atoms with Gasteiger partial charge in [0.15, 0.2) is 0 Å². The minimum atomic E-state index is -4.68. The van der Waals surface area contributed by atoms with Crippen LogP contribution in [0.5, 0.6) is 5.75 Å². The summed E-state index contributed by atoms with van der Waals surface area (Å²) in [5.74, 6) is -0.301. The maximum Gasteiger partial charge on any atom is 0.573 e. The van der Waals surface area contributed by atoms with E-state index in [1.54, 1.807) is 12.1 Å². The number of nitrogens with zero attached hydrogens (tertiary/aromatic N) is 1. The normalized spacial score (nSPS) is 21.0. The van der Waals surface area contributed by atoms with Crippen molar-refractivity contribution < 1.29 is 17.9 Å². The summed E-state index contributed by atoms with van der Waals surface area (Å²) in [5.41, 5.74) is 8.08. The Hall–Kier alpha value is -1.95. The third-order valence-corrected chi connectivity index (χ3v) is 3.88. The molecule has 0 aliphatic heterocycles. The predicted molar refractivity (Wildman–Crippen MR) is 84.0 cm³/mol. The van der Waals surface area contributed by atoms with Crippen LogP contribution in [-0.2, 0) is 0 Å².